The molecule has 0 saturated carbocycles. The molecule has 1 aromatic rings. The Morgan fingerprint density at radius 3 is 2.82 bits per heavy atom. The Kier molecular flexibility index (Phi) is 5.37. The molecule has 1 aliphatic heterocycles. The van der Waals surface area contributed by atoms with E-state index >= 15 is 0 Å². The Morgan fingerprint density at radius 2 is 2.18 bits per heavy atom. The highest BCUT2D eigenvalue weighted by atomic mass is 32.2. The summed E-state index contributed by atoms with van der Waals surface area (Å²) in [6.45, 7) is 2.04. The first-order valence-electron chi connectivity index (χ1n) is 6.65. The van der Waals surface area contributed by atoms with Gasteiger partial charge in [0.05, 0.1) is 5.75 Å². The number of nitrogens with zero attached hydrogens (tertiary/aromatic N) is 1. The molecular weight excluding hydrogens is 311 g/mol. The van der Waals surface area contributed by atoms with Crippen LogP contribution in [-0.4, -0.2) is 47.8 Å². The molecule has 0 radical (unpaired) electrons. The van der Waals surface area contributed by atoms with Crippen LogP contribution in [0.4, 0.5) is 9.18 Å². The maximum atomic E-state index is 13.4. The number of rotatable bonds is 5. The minimum absolute atomic E-state index is 0.120. The van der Waals surface area contributed by atoms with E-state index in [0.29, 0.717) is 11.4 Å². The van der Waals surface area contributed by atoms with Crippen LogP contribution in [0.2, 0.25) is 0 Å². The van der Waals surface area contributed by atoms with Gasteiger partial charge >= 0.3 is 12.0 Å². The molecule has 0 bridgehead atoms. The van der Waals surface area contributed by atoms with E-state index in [0.717, 1.165) is 16.7 Å². The highest BCUT2D eigenvalue weighted by molar-refractivity contribution is 8.00. The Labute approximate surface area is 131 Å². The van der Waals surface area contributed by atoms with Crippen molar-refractivity contribution in [2.45, 2.75) is 17.9 Å². The number of carbonyl (C=O) groups is 3. The molecule has 1 aromatic carbocycles. The first-order chi connectivity index (χ1) is 10.5. The Hall–Kier alpha value is -2.09. The molecule has 1 aliphatic rings. The molecule has 0 aromatic heterocycles. The van der Waals surface area contributed by atoms with Crippen LogP contribution in [0.5, 0.6) is 0 Å². The zero-order valence-corrected chi connectivity index (χ0v) is 12.7. The second-order valence-corrected chi connectivity index (χ2v) is 5.59. The fourth-order valence-electron chi connectivity index (χ4n) is 1.88. The van der Waals surface area contributed by atoms with Crippen molar-refractivity contribution in [3.05, 3.63) is 30.1 Å². The summed E-state index contributed by atoms with van der Waals surface area (Å²) in [4.78, 5) is 36.3. The number of nitrogens with one attached hydrogen (secondary N) is 1. The molecule has 0 spiro atoms. The first kappa shape index (κ1) is 16.3. The van der Waals surface area contributed by atoms with Crippen molar-refractivity contribution >= 4 is 29.7 Å². The average molecular weight is 326 g/mol. The molecule has 2 rings (SSSR count). The quantitative estimate of drug-likeness (QED) is 0.654. The van der Waals surface area contributed by atoms with Gasteiger partial charge in [0.25, 0.3) is 5.91 Å². The van der Waals surface area contributed by atoms with Gasteiger partial charge in [-0.3, -0.25) is 14.5 Å². The van der Waals surface area contributed by atoms with Crippen LogP contribution in [-0.2, 0) is 14.3 Å². The zero-order valence-electron chi connectivity index (χ0n) is 11.9. The van der Waals surface area contributed by atoms with E-state index in [1.165, 1.54) is 13.0 Å². The van der Waals surface area contributed by atoms with Gasteiger partial charge in [0.1, 0.15) is 5.82 Å². The fraction of sp³-hybridized carbons (Fsp3) is 0.357. The zero-order chi connectivity index (χ0) is 16.1. The Balaban J connectivity index is 1.82. The third-order valence-electron chi connectivity index (χ3n) is 2.96. The van der Waals surface area contributed by atoms with Crippen LogP contribution >= 0.6 is 11.8 Å². The first-order valence-corrected chi connectivity index (χ1v) is 7.63. The summed E-state index contributed by atoms with van der Waals surface area (Å²) in [7, 11) is 0. The van der Waals surface area contributed by atoms with Gasteiger partial charge in [-0.05, 0) is 19.1 Å². The molecule has 22 heavy (non-hydrogen) atoms. The molecule has 1 N–H and O–H groups in total. The van der Waals surface area contributed by atoms with Crippen molar-refractivity contribution in [2.75, 3.05) is 18.8 Å². The lowest BCUT2D eigenvalue weighted by molar-refractivity contribution is -0.155. The normalized spacial score (nSPS) is 15.4. The lowest BCUT2D eigenvalue weighted by Gasteiger charge is -2.18. The molecular formula is C14H15FN2O4S. The molecule has 6 nitrogen and oxygen atoms in total. The lowest BCUT2D eigenvalue weighted by atomic mass is 10.3. The van der Waals surface area contributed by atoms with Gasteiger partial charge in [-0.25, -0.2) is 9.18 Å². The number of amides is 3. The lowest BCUT2D eigenvalue weighted by Crippen LogP contribution is -2.42. The average Bonchev–Trinajstić information content (AvgIpc) is 2.91. The fourth-order valence-corrected chi connectivity index (χ4v) is 2.60. The second-order valence-electron chi connectivity index (χ2n) is 4.57. The Bertz CT molecular complexity index is 596. The van der Waals surface area contributed by atoms with E-state index in [1.807, 2.05) is 0 Å². The minimum Gasteiger partial charge on any atom is -0.452 e. The van der Waals surface area contributed by atoms with Crippen LogP contribution in [0.25, 0.3) is 0 Å². The number of urea groups is 1. The minimum atomic E-state index is -1.06. The van der Waals surface area contributed by atoms with Crippen molar-refractivity contribution < 1.29 is 23.5 Å². The number of benzene rings is 1. The van der Waals surface area contributed by atoms with Gasteiger partial charge in [0, 0.05) is 18.0 Å². The van der Waals surface area contributed by atoms with Gasteiger partial charge in [-0.1, -0.05) is 12.1 Å². The van der Waals surface area contributed by atoms with Crippen LogP contribution in [0.3, 0.4) is 0 Å². The molecule has 0 unspecified atom stereocenters. The van der Waals surface area contributed by atoms with Gasteiger partial charge in [0.2, 0.25) is 0 Å². The summed E-state index contributed by atoms with van der Waals surface area (Å²) in [5.41, 5.74) is 0. The second kappa shape index (κ2) is 7.26. The van der Waals surface area contributed by atoms with Crippen LogP contribution in [0.15, 0.2) is 29.2 Å². The maximum Gasteiger partial charge on any atom is 0.324 e. The monoisotopic (exact) mass is 326 g/mol. The van der Waals surface area contributed by atoms with Gasteiger partial charge in [-0.2, -0.15) is 0 Å². The summed E-state index contributed by atoms with van der Waals surface area (Å²) >= 11 is 0.988. The van der Waals surface area contributed by atoms with Crippen LogP contribution < -0.4 is 5.32 Å². The molecule has 8 heteroatoms. The molecule has 0 aliphatic carbocycles. The topological polar surface area (TPSA) is 75.7 Å². The number of ether oxygens (including phenoxy) is 1. The molecule has 1 atom stereocenters. The predicted molar refractivity (Wildman–Crippen MR) is 77.8 cm³/mol. The third kappa shape index (κ3) is 3.97. The summed E-state index contributed by atoms with van der Waals surface area (Å²) in [5.74, 6) is -1.75. The number of esters is 1. The van der Waals surface area contributed by atoms with E-state index < -0.39 is 29.8 Å². The van der Waals surface area contributed by atoms with Gasteiger partial charge in [0.15, 0.2) is 6.10 Å². The summed E-state index contributed by atoms with van der Waals surface area (Å²) in [6, 6.07) is 5.57. The summed E-state index contributed by atoms with van der Waals surface area (Å²) in [5, 5.41) is 2.49. The predicted octanol–water partition coefficient (Wildman–Crippen LogP) is 1.40. The third-order valence-corrected chi connectivity index (χ3v) is 3.98. The molecule has 118 valence electrons. The molecule has 1 fully saturated rings. The number of hydrogen-bond acceptors (Lipinski definition) is 5. The summed E-state index contributed by atoms with van der Waals surface area (Å²) in [6.07, 6.45) is -1.06. The standard InChI is InChI=1S/C14H15FN2O4S/c1-9(13(19)17-7-6-16-14(17)20)21-12(18)8-22-11-5-3-2-4-10(11)15/h2-5,9H,6-8H2,1H3,(H,16,20)/t9-/m0/s1. The maximum absolute atomic E-state index is 13.4. The number of hydrogen-bond donors (Lipinski definition) is 1. The highest BCUT2D eigenvalue weighted by Crippen LogP contribution is 2.21. The molecule has 1 heterocycles. The smallest absolute Gasteiger partial charge is 0.324 e. The van der Waals surface area contributed by atoms with Gasteiger partial charge in [-0.15, -0.1) is 11.8 Å². The van der Waals surface area contributed by atoms with Gasteiger partial charge < -0.3 is 10.1 Å². The van der Waals surface area contributed by atoms with E-state index in [9.17, 15) is 18.8 Å². The van der Waals surface area contributed by atoms with Crippen molar-refractivity contribution in [1.29, 1.82) is 0 Å². The number of imide groups is 1. The van der Waals surface area contributed by atoms with Crippen molar-refractivity contribution in [3.63, 3.8) is 0 Å². The summed E-state index contributed by atoms with van der Waals surface area (Å²) < 4.78 is 18.4. The van der Waals surface area contributed by atoms with E-state index in [2.05, 4.69) is 5.32 Å². The number of thioether (sulfide) groups is 1. The Morgan fingerprint density at radius 1 is 1.45 bits per heavy atom. The van der Waals surface area contributed by atoms with E-state index in [4.69, 9.17) is 4.74 Å². The van der Waals surface area contributed by atoms with Crippen LogP contribution in [0, 0.1) is 5.82 Å². The number of halogens is 1. The SMILES string of the molecule is C[C@H](OC(=O)CSc1ccccc1F)C(=O)N1CCNC1=O. The largest absolute Gasteiger partial charge is 0.452 e. The van der Waals surface area contributed by atoms with Crippen LogP contribution in [0.1, 0.15) is 6.92 Å². The van der Waals surface area contributed by atoms with Crippen molar-refractivity contribution in [1.82, 2.24) is 10.2 Å². The van der Waals surface area contributed by atoms with E-state index in [-0.39, 0.29) is 12.3 Å². The number of carbonyl (C=O) groups excluding carboxylic acids is 3. The van der Waals surface area contributed by atoms with Crippen molar-refractivity contribution in [2.24, 2.45) is 0 Å². The molecule has 3 amide bonds. The van der Waals surface area contributed by atoms with Crippen molar-refractivity contribution in [3.8, 4) is 0 Å². The highest BCUT2D eigenvalue weighted by Gasteiger charge is 2.31. The molecule has 1 saturated heterocycles. The van der Waals surface area contributed by atoms with E-state index in [1.54, 1.807) is 18.2 Å².